The SMILES string of the molecule is CCCCN(C(=O)Cn1cnc2ccc(F)cc2c1=O)c1c(N)n(CCC)c(=O)[nH]c1=O. The van der Waals surface area contributed by atoms with Gasteiger partial charge < -0.3 is 10.6 Å². The maximum absolute atomic E-state index is 13.6. The van der Waals surface area contributed by atoms with Crippen LogP contribution in [0.2, 0.25) is 0 Å². The number of nitrogens with zero attached hydrogens (tertiary/aromatic N) is 4. The third-order valence-electron chi connectivity index (χ3n) is 5.06. The Kier molecular flexibility index (Phi) is 6.86. The summed E-state index contributed by atoms with van der Waals surface area (Å²) in [6.07, 6.45) is 3.08. The fourth-order valence-corrected chi connectivity index (χ4v) is 3.44. The number of H-pyrrole nitrogens is 1. The van der Waals surface area contributed by atoms with E-state index in [9.17, 15) is 23.6 Å². The first kappa shape index (κ1) is 22.9. The fourth-order valence-electron chi connectivity index (χ4n) is 3.44. The van der Waals surface area contributed by atoms with E-state index in [-0.39, 0.29) is 30.0 Å². The number of aromatic nitrogens is 4. The maximum atomic E-state index is 13.6. The highest BCUT2D eigenvalue weighted by atomic mass is 19.1. The molecule has 0 saturated carbocycles. The standard InChI is InChI=1S/C21H25FN6O4/c1-3-5-9-27(17-18(23)28(8-4-2)21(32)25-19(17)30)16(29)11-26-12-24-15-7-6-13(22)10-14(15)20(26)31/h6-7,10,12H,3-5,8-9,11,23H2,1-2H3,(H,25,30,32). The lowest BCUT2D eigenvalue weighted by molar-refractivity contribution is -0.119. The lowest BCUT2D eigenvalue weighted by Crippen LogP contribution is -2.43. The van der Waals surface area contributed by atoms with E-state index in [1.807, 2.05) is 13.8 Å². The average Bonchev–Trinajstić information content (AvgIpc) is 2.75. The summed E-state index contributed by atoms with van der Waals surface area (Å²) >= 11 is 0. The van der Waals surface area contributed by atoms with E-state index in [1.54, 1.807) is 0 Å². The quantitative estimate of drug-likeness (QED) is 0.536. The van der Waals surface area contributed by atoms with Crippen molar-refractivity contribution in [3.63, 3.8) is 0 Å². The van der Waals surface area contributed by atoms with Crippen molar-refractivity contribution in [2.45, 2.75) is 46.2 Å². The van der Waals surface area contributed by atoms with Gasteiger partial charge in [-0.3, -0.25) is 28.5 Å². The molecule has 3 rings (SSSR count). The second-order valence-electron chi connectivity index (χ2n) is 7.38. The predicted octanol–water partition coefficient (Wildman–Crippen LogP) is 1.21. The highest BCUT2D eigenvalue weighted by molar-refractivity contribution is 5.95. The Bertz CT molecular complexity index is 1330. The second kappa shape index (κ2) is 9.58. The molecule has 0 aliphatic rings. The molecule has 2 heterocycles. The van der Waals surface area contributed by atoms with Crippen molar-refractivity contribution in [3.8, 4) is 0 Å². The van der Waals surface area contributed by atoms with Crippen molar-refractivity contribution in [1.29, 1.82) is 0 Å². The number of unbranched alkanes of at least 4 members (excludes halogenated alkanes) is 1. The van der Waals surface area contributed by atoms with Crippen LogP contribution in [0.1, 0.15) is 33.1 Å². The number of nitrogens with one attached hydrogen (secondary N) is 1. The summed E-state index contributed by atoms with van der Waals surface area (Å²) in [5.41, 5.74) is 4.26. The number of aromatic amines is 1. The van der Waals surface area contributed by atoms with Crippen LogP contribution in [0, 0.1) is 5.82 Å². The molecular formula is C21H25FN6O4. The van der Waals surface area contributed by atoms with Gasteiger partial charge in [0.05, 0.1) is 17.2 Å². The first-order valence-corrected chi connectivity index (χ1v) is 10.4. The first-order valence-electron chi connectivity index (χ1n) is 10.4. The lowest BCUT2D eigenvalue weighted by Gasteiger charge is -2.24. The Balaban J connectivity index is 2.05. The minimum atomic E-state index is -0.782. The van der Waals surface area contributed by atoms with Gasteiger partial charge in [0, 0.05) is 13.1 Å². The van der Waals surface area contributed by atoms with E-state index in [1.165, 1.54) is 27.9 Å². The largest absolute Gasteiger partial charge is 0.383 e. The number of rotatable bonds is 8. The molecule has 3 N–H and O–H groups in total. The molecule has 0 aliphatic heterocycles. The number of fused-ring (bicyclic) bond motifs is 1. The van der Waals surface area contributed by atoms with E-state index < -0.39 is 35.1 Å². The van der Waals surface area contributed by atoms with Gasteiger partial charge in [-0.2, -0.15) is 0 Å². The van der Waals surface area contributed by atoms with Gasteiger partial charge in [-0.25, -0.2) is 14.2 Å². The van der Waals surface area contributed by atoms with E-state index in [4.69, 9.17) is 5.73 Å². The summed E-state index contributed by atoms with van der Waals surface area (Å²) < 4.78 is 15.8. The predicted molar refractivity (Wildman–Crippen MR) is 119 cm³/mol. The van der Waals surface area contributed by atoms with Crippen molar-refractivity contribution in [3.05, 3.63) is 61.5 Å². The molecular weight excluding hydrogens is 419 g/mol. The van der Waals surface area contributed by atoms with E-state index in [0.29, 0.717) is 18.4 Å². The summed E-state index contributed by atoms with van der Waals surface area (Å²) in [7, 11) is 0. The number of halogens is 1. The van der Waals surface area contributed by atoms with Crippen molar-refractivity contribution in [1.82, 2.24) is 19.1 Å². The van der Waals surface area contributed by atoms with Crippen LogP contribution in [0.4, 0.5) is 15.9 Å². The zero-order valence-corrected chi connectivity index (χ0v) is 17.9. The highest BCUT2D eigenvalue weighted by Crippen LogP contribution is 2.18. The van der Waals surface area contributed by atoms with Gasteiger partial charge in [-0.1, -0.05) is 20.3 Å². The lowest BCUT2D eigenvalue weighted by atomic mass is 10.2. The molecule has 0 aliphatic carbocycles. The number of benzene rings is 1. The number of carbonyl (C=O) groups excluding carboxylic acids is 1. The molecule has 2 aromatic heterocycles. The van der Waals surface area contributed by atoms with E-state index in [2.05, 4.69) is 9.97 Å². The van der Waals surface area contributed by atoms with Gasteiger partial charge in [0.1, 0.15) is 18.2 Å². The Morgan fingerprint density at radius 2 is 1.97 bits per heavy atom. The molecule has 1 aromatic carbocycles. The van der Waals surface area contributed by atoms with Crippen LogP contribution in [0.5, 0.6) is 0 Å². The third-order valence-corrected chi connectivity index (χ3v) is 5.06. The first-order chi connectivity index (χ1) is 15.3. The van der Waals surface area contributed by atoms with Crippen molar-refractivity contribution < 1.29 is 9.18 Å². The number of carbonyl (C=O) groups is 1. The molecule has 0 spiro atoms. The molecule has 3 aromatic rings. The zero-order chi connectivity index (χ0) is 23.4. The van der Waals surface area contributed by atoms with Gasteiger partial charge in [0.15, 0.2) is 5.69 Å². The van der Waals surface area contributed by atoms with Crippen LogP contribution in [-0.2, 0) is 17.9 Å². The Morgan fingerprint density at radius 3 is 2.66 bits per heavy atom. The van der Waals surface area contributed by atoms with Gasteiger partial charge >= 0.3 is 5.69 Å². The summed E-state index contributed by atoms with van der Waals surface area (Å²) in [5.74, 6) is -1.30. The molecule has 10 nitrogen and oxygen atoms in total. The molecule has 0 unspecified atom stereocenters. The molecule has 1 amide bonds. The minimum Gasteiger partial charge on any atom is -0.383 e. The summed E-state index contributed by atoms with van der Waals surface area (Å²) in [6, 6.07) is 3.63. The molecule has 170 valence electrons. The smallest absolute Gasteiger partial charge is 0.330 e. The molecule has 0 radical (unpaired) electrons. The molecule has 32 heavy (non-hydrogen) atoms. The minimum absolute atomic E-state index is 0.0364. The number of amides is 1. The van der Waals surface area contributed by atoms with Gasteiger partial charge in [-0.15, -0.1) is 0 Å². The van der Waals surface area contributed by atoms with Crippen LogP contribution in [0.15, 0.2) is 38.9 Å². The number of hydrogen-bond donors (Lipinski definition) is 2. The number of anilines is 2. The van der Waals surface area contributed by atoms with Gasteiger partial charge in [0.25, 0.3) is 11.1 Å². The van der Waals surface area contributed by atoms with Crippen LogP contribution < -0.4 is 27.4 Å². The van der Waals surface area contributed by atoms with Gasteiger partial charge in [0.2, 0.25) is 5.91 Å². The number of nitrogen functional groups attached to an aromatic ring is 1. The number of nitrogens with two attached hydrogens (primary N) is 1. The fraction of sp³-hybridized carbons (Fsp3) is 0.381. The van der Waals surface area contributed by atoms with E-state index >= 15 is 0 Å². The van der Waals surface area contributed by atoms with Crippen molar-refractivity contribution in [2.75, 3.05) is 17.2 Å². The normalized spacial score (nSPS) is 11.1. The van der Waals surface area contributed by atoms with Crippen molar-refractivity contribution >= 4 is 28.3 Å². The zero-order valence-electron chi connectivity index (χ0n) is 17.9. The van der Waals surface area contributed by atoms with Crippen LogP contribution >= 0.6 is 0 Å². The monoisotopic (exact) mass is 444 g/mol. The summed E-state index contributed by atoms with van der Waals surface area (Å²) in [6.45, 7) is 3.76. The topological polar surface area (TPSA) is 136 Å². The molecule has 0 fully saturated rings. The van der Waals surface area contributed by atoms with Gasteiger partial charge in [-0.05, 0) is 31.0 Å². The highest BCUT2D eigenvalue weighted by Gasteiger charge is 2.24. The molecule has 0 atom stereocenters. The Labute approximate surface area is 182 Å². The van der Waals surface area contributed by atoms with Crippen LogP contribution in [0.25, 0.3) is 10.9 Å². The van der Waals surface area contributed by atoms with Crippen molar-refractivity contribution in [2.24, 2.45) is 0 Å². The van der Waals surface area contributed by atoms with E-state index in [0.717, 1.165) is 17.1 Å². The molecule has 0 saturated heterocycles. The maximum Gasteiger partial charge on any atom is 0.330 e. The second-order valence-corrected chi connectivity index (χ2v) is 7.38. The number of hydrogen-bond acceptors (Lipinski definition) is 6. The Morgan fingerprint density at radius 1 is 1.22 bits per heavy atom. The summed E-state index contributed by atoms with van der Waals surface area (Å²) in [5, 5.41) is 0.0364. The average molecular weight is 444 g/mol. The van der Waals surface area contributed by atoms with Crippen LogP contribution in [0.3, 0.4) is 0 Å². The summed E-state index contributed by atoms with van der Waals surface area (Å²) in [4.78, 5) is 58.2. The third kappa shape index (κ3) is 4.46. The van der Waals surface area contributed by atoms with Crippen LogP contribution in [-0.4, -0.2) is 31.6 Å². The molecule has 0 bridgehead atoms. The Hall–Kier alpha value is -3.76. The molecule has 11 heteroatoms.